The van der Waals surface area contributed by atoms with E-state index in [2.05, 4.69) is 4.98 Å². The van der Waals surface area contributed by atoms with Gasteiger partial charge in [0.25, 0.3) is 5.91 Å². The number of hydrogen-bond donors (Lipinski definition) is 1. The van der Waals surface area contributed by atoms with Crippen molar-refractivity contribution in [3.05, 3.63) is 107 Å². The van der Waals surface area contributed by atoms with Crippen molar-refractivity contribution in [1.29, 1.82) is 0 Å². The second-order valence-electron chi connectivity index (χ2n) is 7.37. The van der Waals surface area contributed by atoms with Gasteiger partial charge in [-0.1, -0.05) is 54.1 Å². The summed E-state index contributed by atoms with van der Waals surface area (Å²) in [5.74, 6) is -1.30. The normalized spacial score (nSPS) is 16.2. The zero-order valence-corrected chi connectivity index (χ0v) is 16.7. The van der Waals surface area contributed by atoms with Crippen molar-refractivity contribution < 1.29 is 14.7 Å². The summed E-state index contributed by atoms with van der Waals surface area (Å²) in [5.41, 5.74) is 3.52. The molecule has 1 N–H and O–H groups in total. The molecule has 0 saturated carbocycles. The average molecular weight is 398 g/mol. The van der Waals surface area contributed by atoms with Gasteiger partial charge in [-0.3, -0.25) is 19.5 Å². The average Bonchev–Trinajstić information content (AvgIpc) is 3.05. The lowest BCUT2D eigenvalue weighted by atomic mass is 9.94. The Labute approximate surface area is 175 Å². The lowest BCUT2D eigenvalue weighted by molar-refractivity contribution is -0.118. The number of aromatic nitrogens is 1. The van der Waals surface area contributed by atoms with Crippen molar-refractivity contribution in [1.82, 2.24) is 4.98 Å². The molecule has 2 aromatic carbocycles. The Balaban J connectivity index is 1.70. The molecule has 0 spiro atoms. The van der Waals surface area contributed by atoms with Crippen molar-refractivity contribution in [2.24, 2.45) is 0 Å². The van der Waals surface area contributed by atoms with E-state index in [4.69, 9.17) is 0 Å². The van der Waals surface area contributed by atoms with Gasteiger partial charge in [-0.2, -0.15) is 0 Å². The highest BCUT2D eigenvalue weighted by Gasteiger charge is 2.44. The SMILES string of the molecule is Cc1ccc(N2C(=O)C(O)=C(C(=O)CCc3ccccc3)C2c2cccnc2)cc1. The summed E-state index contributed by atoms with van der Waals surface area (Å²) in [7, 11) is 0. The van der Waals surface area contributed by atoms with Crippen LogP contribution in [0.1, 0.15) is 29.2 Å². The Kier molecular flexibility index (Phi) is 5.44. The number of carbonyl (C=O) groups is 2. The van der Waals surface area contributed by atoms with Gasteiger partial charge in [0.1, 0.15) is 0 Å². The second-order valence-corrected chi connectivity index (χ2v) is 7.37. The number of amides is 1. The number of ketones is 1. The number of aliphatic hydroxyl groups excluding tert-OH is 1. The second kappa shape index (κ2) is 8.33. The summed E-state index contributed by atoms with van der Waals surface area (Å²) in [5, 5.41) is 10.7. The Morgan fingerprint density at radius 3 is 2.43 bits per heavy atom. The predicted octanol–water partition coefficient (Wildman–Crippen LogP) is 4.49. The van der Waals surface area contributed by atoms with E-state index in [-0.39, 0.29) is 17.8 Å². The number of hydrogen-bond acceptors (Lipinski definition) is 4. The molecule has 1 atom stereocenters. The molecule has 0 fully saturated rings. The molecule has 5 heteroatoms. The van der Waals surface area contributed by atoms with Crippen molar-refractivity contribution in [2.45, 2.75) is 25.8 Å². The number of rotatable bonds is 6. The molecule has 0 radical (unpaired) electrons. The van der Waals surface area contributed by atoms with Gasteiger partial charge in [0.2, 0.25) is 0 Å². The number of pyridine rings is 1. The van der Waals surface area contributed by atoms with Crippen LogP contribution in [0.3, 0.4) is 0 Å². The van der Waals surface area contributed by atoms with Crippen molar-refractivity contribution >= 4 is 17.4 Å². The van der Waals surface area contributed by atoms with E-state index >= 15 is 0 Å². The van der Waals surface area contributed by atoms with E-state index in [9.17, 15) is 14.7 Å². The minimum absolute atomic E-state index is 0.129. The molecular weight excluding hydrogens is 376 g/mol. The third-order valence-corrected chi connectivity index (χ3v) is 5.30. The molecule has 0 saturated heterocycles. The van der Waals surface area contributed by atoms with Gasteiger partial charge in [0.05, 0.1) is 11.6 Å². The molecule has 3 aromatic rings. The smallest absolute Gasteiger partial charge is 0.294 e. The van der Waals surface area contributed by atoms with E-state index in [1.807, 2.05) is 67.6 Å². The molecule has 1 unspecified atom stereocenters. The molecule has 2 heterocycles. The maximum atomic E-state index is 13.2. The zero-order chi connectivity index (χ0) is 21.1. The molecular formula is C25H22N2O3. The highest BCUT2D eigenvalue weighted by atomic mass is 16.3. The standard InChI is InChI=1S/C25H22N2O3/c1-17-9-12-20(13-10-17)27-23(19-8-5-15-26-16-19)22(24(29)25(27)30)21(28)14-11-18-6-3-2-4-7-18/h2-10,12-13,15-16,23,29H,11,14H2,1H3. The molecule has 150 valence electrons. The molecule has 0 bridgehead atoms. The highest BCUT2D eigenvalue weighted by molar-refractivity contribution is 6.16. The molecule has 1 amide bonds. The van der Waals surface area contributed by atoms with Gasteiger partial charge < -0.3 is 5.11 Å². The maximum absolute atomic E-state index is 13.2. The fourth-order valence-electron chi connectivity index (χ4n) is 3.75. The Hall–Kier alpha value is -3.73. The van der Waals surface area contributed by atoms with Crippen LogP contribution in [0.2, 0.25) is 0 Å². The Morgan fingerprint density at radius 2 is 1.77 bits per heavy atom. The first-order chi connectivity index (χ1) is 14.6. The van der Waals surface area contributed by atoms with Gasteiger partial charge >= 0.3 is 0 Å². The summed E-state index contributed by atoms with van der Waals surface area (Å²) >= 11 is 0. The molecule has 1 aliphatic rings. The zero-order valence-electron chi connectivity index (χ0n) is 16.7. The minimum Gasteiger partial charge on any atom is -0.503 e. The fraction of sp³-hybridized carbons (Fsp3) is 0.160. The van der Waals surface area contributed by atoms with Gasteiger partial charge in [0.15, 0.2) is 11.5 Å². The van der Waals surface area contributed by atoms with Crippen LogP contribution in [0.25, 0.3) is 0 Å². The summed E-state index contributed by atoms with van der Waals surface area (Å²) in [6, 6.07) is 20.0. The monoisotopic (exact) mass is 398 g/mol. The van der Waals surface area contributed by atoms with Crippen LogP contribution in [0.5, 0.6) is 0 Å². The van der Waals surface area contributed by atoms with Crippen molar-refractivity contribution in [3.63, 3.8) is 0 Å². The molecule has 30 heavy (non-hydrogen) atoms. The summed E-state index contributed by atoms with van der Waals surface area (Å²) < 4.78 is 0. The molecule has 5 nitrogen and oxygen atoms in total. The Morgan fingerprint density at radius 1 is 1.03 bits per heavy atom. The van der Waals surface area contributed by atoms with E-state index in [0.29, 0.717) is 17.7 Å². The van der Waals surface area contributed by atoms with Crippen LogP contribution in [-0.4, -0.2) is 21.8 Å². The number of aryl methyl sites for hydroxylation is 2. The lowest BCUT2D eigenvalue weighted by Crippen LogP contribution is -2.31. The highest BCUT2D eigenvalue weighted by Crippen LogP contribution is 2.41. The fourth-order valence-corrected chi connectivity index (χ4v) is 3.75. The van der Waals surface area contributed by atoms with Gasteiger partial charge in [-0.05, 0) is 42.7 Å². The lowest BCUT2D eigenvalue weighted by Gasteiger charge is -2.26. The first-order valence-electron chi connectivity index (χ1n) is 9.86. The molecule has 1 aromatic heterocycles. The van der Waals surface area contributed by atoms with E-state index < -0.39 is 17.7 Å². The Bertz CT molecular complexity index is 1090. The van der Waals surface area contributed by atoms with E-state index in [0.717, 1.165) is 11.1 Å². The predicted molar refractivity (Wildman–Crippen MR) is 115 cm³/mol. The number of anilines is 1. The third kappa shape index (κ3) is 3.74. The first-order valence-corrected chi connectivity index (χ1v) is 9.86. The third-order valence-electron chi connectivity index (χ3n) is 5.30. The molecule has 1 aliphatic heterocycles. The van der Waals surface area contributed by atoms with Gasteiger partial charge in [0, 0.05) is 24.5 Å². The van der Waals surface area contributed by atoms with Crippen molar-refractivity contribution in [3.8, 4) is 0 Å². The van der Waals surface area contributed by atoms with Crippen LogP contribution in [0.4, 0.5) is 5.69 Å². The number of aliphatic hydroxyl groups is 1. The summed E-state index contributed by atoms with van der Waals surface area (Å²) in [4.78, 5) is 31.8. The number of Topliss-reactive ketones (excluding diaryl/α,β-unsaturated/α-hetero) is 1. The molecule has 0 aliphatic carbocycles. The first kappa shape index (κ1) is 19.6. The van der Waals surface area contributed by atoms with Gasteiger partial charge in [-0.25, -0.2) is 0 Å². The van der Waals surface area contributed by atoms with Crippen LogP contribution in [0, 0.1) is 6.92 Å². The number of carbonyl (C=O) groups excluding carboxylic acids is 2. The van der Waals surface area contributed by atoms with Gasteiger partial charge in [-0.15, -0.1) is 0 Å². The van der Waals surface area contributed by atoms with Crippen molar-refractivity contribution in [2.75, 3.05) is 4.90 Å². The van der Waals surface area contributed by atoms with Crippen LogP contribution in [0.15, 0.2) is 90.5 Å². The summed E-state index contributed by atoms with van der Waals surface area (Å²) in [6.07, 6.45) is 4.00. The van der Waals surface area contributed by atoms with Crippen LogP contribution >= 0.6 is 0 Å². The summed E-state index contributed by atoms with van der Waals surface area (Å²) in [6.45, 7) is 1.96. The maximum Gasteiger partial charge on any atom is 0.294 e. The topological polar surface area (TPSA) is 70.5 Å². The van der Waals surface area contributed by atoms with E-state index in [1.165, 1.54) is 4.90 Å². The largest absolute Gasteiger partial charge is 0.503 e. The number of benzene rings is 2. The van der Waals surface area contributed by atoms with Crippen LogP contribution in [-0.2, 0) is 16.0 Å². The van der Waals surface area contributed by atoms with E-state index in [1.54, 1.807) is 18.5 Å². The quantitative estimate of drug-likeness (QED) is 0.664. The number of nitrogens with zero attached hydrogens (tertiary/aromatic N) is 2. The molecule has 4 rings (SSSR count). The van der Waals surface area contributed by atoms with Crippen LogP contribution < -0.4 is 4.90 Å². The minimum atomic E-state index is -0.711.